The third kappa shape index (κ3) is 2.60. The topological polar surface area (TPSA) is 30.9 Å². The van der Waals surface area contributed by atoms with Gasteiger partial charge in [0.05, 0.1) is 10.0 Å². The molecule has 26 heavy (non-hydrogen) atoms. The van der Waals surface area contributed by atoms with Crippen molar-refractivity contribution >= 4 is 50.7 Å². The van der Waals surface area contributed by atoms with E-state index in [1.54, 1.807) is 16.8 Å². The summed E-state index contributed by atoms with van der Waals surface area (Å²) in [4.78, 5) is 0. The normalized spacial score (nSPS) is 20.6. The summed E-state index contributed by atoms with van der Waals surface area (Å²) in [5, 5.41) is 6.06. The first-order valence-corrected chi connectivity index (χ1v) is 9.98. The molecule has 2 aliphatic rings. The molecule has 2 heterocycles. The minimum Gasteiger partial charge on any atom is -0.363 e. The van der Waals surface area contributed by atoms with Crippen LogP contribution >= 0.6 is 50.7 Å². The summed E-state index contributed by atoms with van der Waals surface area (Å²) in [6.07, 6.45) is 2.94. The number of hydrogen-bond donors (Lipinski definition) is 0. The zero-order valence-electron chi connectivity index (χ0n) is 13.3. The quantitative estimate of drug-likeness (QED) is 0.471. The number of nitrogens with zero attached hydrogens (tertiary/aromatic N) is 3. The first-order chi connectivity index (χ1) is 12.5. The molecule has 0 fully saturated rings. The van der Waals surface area contributed by atoms with E-state index in [0.29, 0.717) is 27.4 Å². The van der Waals surface area contributed by atoms with Gasteiger partial charge in [-0.1, -0.05) is 61.5 Å². The Morgan fingerprint density at radius 3 is 2.69 bits per heavy atom. The van der Waals surface area contributed by atoms with E-state index in [2.05, 4.69) is 43.8 Å². The molecular weight excluding hydrogens is 460 g/mol. The largest absolute Gasteiger partial charge is 0.363 e. The van der Waals surface area contributed by atoms with Gasteiger partial charge in [0.25, 0.3) is 0 Å². The molecule has 2 atom stereocenters. The van der Waals surface area contributed by atoms with Crippen molar-refractivity contribution in [2.45, 2.75) is 25.2 Å². The van der Waals surface area contributed by atoms with Gasteiger partial charge in [-0.2, -0.15) is 0 Å². The molecule has 0 unspecified atom stereocenters. The van der Waals surface area contributed by atoms with E-state index in [9.17, 15) is 0 Å². The molecule has 4 nitrogen and oxygen atoms in total. The second-order valence-corrected chi connectivity index (χ2v) is 8.61. The molecule has 1 aliphatic carbocycles. The maximum absolute atomic E-state index is 6.37. The van der Waals surface area contributed by atoms with Gasteiger partial charge in [0.15, 0.2) is 5.69 Å². The van der Waals surface area contributed by atoms with Crippen LogP contribution in [0, 0.1) is 0 Å². The molecule has 0 bridgehead atoms. The molecule has 8 heteroatoms. The summed E-state index contributed by atoms with van der Waals surface area (Å²) in [5.74, 6) is 0.834. The van der Waals surface area contributed by atoms with Crippen molar-refractivity contribution in [2.75, 3.05) is 0 Å². The van der Waals surface area contributed by atoms with Crippen molar-refractivity contribution in [1.29, 1.82) is 0 Å². The lowest BCUT2D eigenvalue weighted by Crippen LogP contribution is -2.51. The van der Waals surface area contributed by atoms with Gasteiger partial charge in [-0.15, -0.1) is 0 Å². The predicted molar refractivity (Wildman–Crippen MR) is 103 cm³/mol. The standard InChI is InChI=1S/C18H12BrCl3N3O/c19-10-2-1-9-3-15-17(12(9)4-10)24-8-25(23-16(24)7-26-15)18-13(21)5-11(20)6-14(18)22/h1-2,4-6,8,15,17H,3,7H2/q+1/t15-,17+/m1/s1. The third-order valence-corrected chi connectivity index (χ3v) is 6.18. The molecule has 3 aromatic rings. The van der Waals surface area contributed by atoms with Gasteiger partial charge in [0, 0.05) is 21.0 Å². The van der Waals surface area contributed by atoms with Crippen molar-refractivity contribution in [2.24, 2.45) is 0 Å². The number of halogens is 4. The summed E-state index contributed by atoms with van der Waals surface area (Å²) in [6.45, 7) is 0.451. The first kappa shape index (κ1) is 17.0. The van der Waals surface area contributed by atoms with Crippen LogP contribution in [0.15, 0.2) is 41.1 Å². The van der Waals surface area contributed by atoms with Crippen LogP contribution in [0.1, 0.15) is 23.0 Å². The second kappa shape index (κ2) is 6.21. The van der Waals surface area contributed by atoms with Gasteiger partial charge in [-0.25, -0.2) is 4.57 Å². The average Bonchev–Trinajstić information content (AvgIpc) is 3.14. The third-order valence-electron chi connectivity index (χ3n) is 4.89. The number of fused-ring (bicyclic) bond motifs is 5. The lowest BCUT2D eigenvalue weighted by Gasteiger charge is -2.23. The van der Waals surface area contributed by atoms with Gasteiger partial charge in [-0.3, -0.25) is 0 Å². The van der Waals surface area contributed by atoms with Gasteiger partial charge >= 0.3 is 5.82 Å². The molecule has 0 radical (unpaired) electrons. The SMILES string of the molecule is Clc1cc(Cl)c(-n2c[n+]3c(n2)CO[C@@H]2Cc4ccc(Br)cc4[C@@H]23)c(Cl)c1. The fourth-order valence-electron chi connectivity index (χ4n) is 3.80. The Balaban J connectivity index is 1.65. The fourth-order valence-corrected chi connectivity index (χ4v) is 5.17. The number of aromatic nitrogens is 3. The number of ether oxygens (including phenoxy) is 1. The van der Waals surface area contributed by atoms with Crippen molar-refractivity contribution < 1.29 is 9.30 Å². The lowest BCUT2D eigenvalue weighted by atomic mass is 10.1. The van der Waals surface area contributed by atoms with Gasteiger partial charge < -0.3 is 4.74 Å². The lowest BCUT2D eigenvalue weighted by molar-refractivity contribution is -0.739. The molecule has 1 aliphatic heterocycles. The van der Waals surface area contributed by atoms with Gasteiger partial charge in [0.1, 0.15) is 18.8 Å². The minimum absolute atomic E-state index is 0.0878. The van der Waals surface area contributed by atoms with Crippen LogP contribution in [-0.2, 0) is 17.8 Å². The number of hydrogen-bond acceptors (Lipinski definition) is 2. The van der Waals surface area contributed by atoms with Crippen LogP contribution in [-0.4, -0.2) is 15.9 Å². The number of rotatable bonds is 1. The maximum atomic E-state index is 6.37. The molecule has 0 saturated carbocycles. The van der Waals surface area contributed by atoms with Crippen LogP contribution in [0.5, 0.6) is 0 Å². The summed E-state index contributed by atoms with van der Waals surface area (Å²) >= 11 is 22.3. The van der Waals surface area contributed by atoms with E-state index in [1.165, 1.54) is 11.1 Å². The van der Waals surface area contributed by atoms with Crippen LogP contribution in [0.25, 0.3) is 5.69 Å². The van der Waals surface area contributed by atoms with Crippen molar-refractivity contribution in [3.63, 3.8) is 0 Å². The Morgan fingerprint density at radius 1 is 1.15 bits per heavy atom. The molecule has 132 valence electrons. The first-order valence-electron chi connectivity index (χ1n) is 8.06. The predicted octanol–water partition coefficient (Wildman–Crippen LogP) is 4.93. The van der Waals surface area contributed by atoms with Gasteiger partial charge in [-0.05, 0) is 35.4 Å². The highest BCUT2D eigenvalue weighted by molar-refractivity contribution is 9.10. The van der Waals surface area contributed by atoms with Crippen molar-refractivity contribution in [1.82, 2.24) is 9.78 Å². The Kier molecular flexibility index (Phi) is 4.07. The monoisotopic (exact) mass is 470 g/mol. The Morgan fingerprint density at radius 2 is 1.92 bits per heavy atom. The van der Waals surface area contributed by atoms with Crippen LogP contribution in [0.3, 0.4) is 0 Å². The van der Waals surface area contributed by atoms with Crippen molar-refractivity contribution in [3.05, 3.63) is 73.2 Å². The number of benzene rings is 2. The molecule has 5 rings (SSSR count). The molecule has 1 aromatic heterocycles. The highest BCUT2D eigenvalue weighted by Crippen LogP contribution is 2.38. The molecule has 0 N–H and O–H groups in total. The highest BCUT2D eigenvalue weighted by atomic mass is 79.9. The maximum Gasteiger partial charge on any atom is 0.304 e. The Hall–Kier alpha value is -1.11. The van der Waals surface area contributed by atoms with Crippen LogP contribution in [0.4, 0.5) is 0 Å². The van der Waals surface area contributed by atoms with E-state index in [4.69, 9.17) is 39.5 Å². The second-order valence-electron chi connectivity index (χ2n) is 6.44. The van der Waals surface area contributed by atoms with E-state index >= 15 is 0 Å². The zero-order chi connectivity index (χ0) is 18.0. The average molecular weight is 473 g/mol. The smallest absolute Gasteiger partial charge is 0.304 e. The Labute approximate surface area is 173 Å². The van der Waals surface area contributed by atoms with E-state index in [1.807, 2.05) is 6.33 Å². The summed E-state index contributed by atoms with van der Waals surface area (Å²) in [6, 6.07) is 9.79. The summed E-state index contributed by atoms with van der Waals surface area (Å²) < 4.78 is 11.0. The summed E-state index contributed by atoms with van der Waals surface area (Å²) in [5.41, 5.74) is 3.17. The van der Waals surface area contributed by atoms with Crippen molar-refractivity contribution in [3.8, 4) is 5.69 Å². The van der Waals surface area contributed by atoms with E-state index in [0.717, 1.165) is 16.7 Å². The van der Waals surface area contributed by atoms with Gasteiger partial charge in [0.2, 0.25) is 6.33 Å². The zero-order valence-corrected chi connectivity index (χ0v) is 17.1. The van der Waals surface area contributed by atoms with E-state index in [-0.39, 0.29) is 12.1 Å². The molecular formula is C18H12BrCl3N3O+. The summed E-state index contributed by atoms with van der Waals surface area (Å²) in [7, 11) is 0. The van der Waals surface area contributed by atoms with Crippen LogP contribution < -0.4 is 4.57 Å². The van der Waals surface area contributed by atoms with Crippen LogP contribution in [0.2, 0.25) is 15.1 Å². The fraction of sp³-hybridized carbons (Fsp3) is 0.222. The molecule has 0 saturated heterocycles. The molecule has 2 aromatic carbocycles. The van der Waals surface area contributed by atoms with E-state index < -0.39 is 0 Å². The minimum atomic E-state index is 0.0878. The Bertz CT molecular complexity index is 1030. The molecule has 0 amide bonds. The molecule has 0 spiro atoms. The highest BCUT2D eigenvalue weighted by Gasteiger charge is 2.43.